The van der Waals surface area contributed by atoms with E-state index >= 15 is 0 Å². The van der Waals surface area contributed by atoms with Gasteiger partial charge in [0.25, 0.3) is 0 Å². The number of anilines is 2. The van der Waals surface area contributed by atoms with Gasteiger partial charge in [-0.05, 0) is 56.6 Å². The van der Waals surface area contributed by atoms with Crippen molar-refractivity contribution in [1.82, 2.24) is 4.90 Å². The summed E-state index contributed by atoms with van der Waals surface area (Å²) >= 11 is 0. The van der Waals surface area contributed by atoms with Crippen molar-refractivity contribution < 1.29 is 4.79 Å². The van der Waals surface area contributed by atoms with Gasteiger partial charge in [0, 0.05) is 11.4 Å². The molecule has 0 radical (unpaired) electrons. The van der Waals surface area contributed by atoms with Crippen LogP contribution in [0.2, 0.25) is 0 Å². The van der Waals surface area contributed by atoms with Gasteiger partial charge in [-0.15, -0.1) is 0 Å². The lowest BCUT2D eigenvalue weighted by Crippen LogP contribution is -2.49. The van der Waals surface area contributed by atoms with Crippen LogP contribution in [-0.2, 0) is 4.79 Å². The molecule has 0 N–H and O–H groups in total. The molecule has 1 aliphatic rings. The summed E-state index contributed by atoms with van der Waals surface area (Å²) in [6, 6.07) is 19.9. The summed E-state index contributed by atoms with van der Waals surface area (Å²) in [6.45, 7) is 4.18. The summed E-state index contributed by atoms with van der Waals surface area (Å²) < 4.78 is 0. The molecule has 1 fully saturated rings. The number of carbonyl (C=O) groups is 1. The van der Waals surface area contributed by atoms with E-state index in [2.05, 4.69) is 11.8 Å². The lowest BCUT2D eigenvalue weighted by atomic mass is 10.0. The number of hydrogen-bond donors (Lipinski definition) is 0. The zero-order chi connectivity index (χ0) is 16.8. The van der Waals surface area contributed by atoms with Gasteiger partial charge < -0.3 is 0 Å². The van der Waals surface area contributed by atoms with Crippen molar-refractivity contribution in [3.63, 3.8) is 0 Å². The molecule has 0 bridgehead atoms. The molecule has 3 rings (SSSR count). The summed E-state index contributed by atoms with van der Waals surface area (Å²) in [5, 5.41) is 0. The Labute approximate surface area is 144 Å². The first-order chi connectivity index (χ1) is 11.8. The van der Waals surface area contributed by atoms with E-state index in [4.69, 9.17) is 0 Å². The van der Waals surface area contributed by atoms with Crippen molar-refractivity contribution >= 4 is 17.3 Å². The summed E-state index contributed by atoms with van der Waals surface area (Å²) in [7, 11) is 0. The monoisotopic (exact) mass is 322 g/mol. The first kappa shape index (κ1) is 16.7. The summed E-state index contributed by atoms with van der Waals surface area (Å²) in [5.74, 6) is 0.178. The molecule has 1 unspecified atom stereocenters. The first-order valence-electron chi connectivity index (χ1n) is 8.99. The first-order valence-corrected chi connectivity index (χ1v) is 8.99. The van der Waals surface area contributed by atoms with Gasteiger partial charge in [-0.25, -0.2) is 0 Å². The van der Waals surface area contributed by atoms with Crippen LogP contribution >= 0.6 is 0 Å². The number of amides is 1. The SMILES string of the molecule is CCC(C(=O)N(c1ccccc1)c1ccccc1)N1CCCCC1. The lowest BCUT2D eigenvalue weighted by molar-refractivity contribution is -0.123. The van der Waals surface area contributed by atoms with E-state index in [1.165, 1.54) is 19.3 Å². The molecule has 3 nitrogen and oxygen atoms in total. The zero-order valence-corrected chi connectivity index (χ0v) is 14.4. The van der Waals surface area contributed by atoms with Gasteiger partial charge in [0.1, 0.15) is 0 Å². The van der Waals surface area contributed by atoms with E-state index in [9.17, 15) is 4.79 Å². The number of likely N-dealkylation sites (tertiary alicyclic amines) is 1. The Morgan fingerprint density at radius 3 is 1.88 bits per heavy atom. The molecular weight excluding hydrogens is 296 g/mol. The minimum absolute atomic E-state index is 0.0503. The van der Waals surface area contributed by atoms with Gasteiger partial charge in [-0.3, -0.25) is 14.6 Å². The van der Waals surface area contributed by atoms with Crippen LogP contribution < -0.4 is 4.90 Å². The van der Waals surface area contributed by atoms with Gasteiger partial charge in [0.15, 0.2) is 0 Å². The minimum Gasteiger partial charge on any atom is -0.292 e. The standard InChI is InChI=1S/C21H26N2O/c1-2-20(22-16-10-5-11-17-22)21(24)23(18-12-6-3-7-13-18)19-14-8-4-9-15-19/h3-4,6-9,12-15,20H,2,5,10-11,16-17H2,1H3. The lowest BCUT2D eigenvalue weighted by Gasteiger charge is -2.36. The number of piperidine rings is 1. The Kier molecular flexibility index (Phi) is 5.65. The average molecular weight is 322 g/mol. The molecule has 1 amide bonds. The van der Waals surface area contributed by atoms with E-state index in [0.717, 1.165) is 30.9 Å². The summed E-state index contributed by atoms with van der Waals surface area (Å²) in [5.41, 5.74) is 1.87. The van der Waals surface area contributed by atoms with Crippen molar-refractivity contribution in [2.24, 2.45) is 0 Å². The average Bonchev–Trinajstić information content (AvgIpc) is 2.65. The van der Waals surface area contributed by atoms with Crippen LogP contribution in [0, 0.1) is 0 Å². The molecule has 1 aliphatic heterocycles. The van der Waals surface area contributed by atoms with Crippen molar-refractivity contribution in [2.45, 2.75) is 38.6 Å². The van der Waals surface area contributed by atoms with E-state index < -0.39 is 0 Å². The molecule has 0 spiro atoms. The van der Waals surface area contributed by atoms with Crippen LogP contribution in [0.25, 0.3) is 0 Å². The highest BCUT2D eigenvalue weighted by molar-refractivity contribution is 6.03. The van der Waals surface area contributed by atoms with Gasteiger partial charge in [-0.1, -0.05) is 49.7 Å². The molecule has 1 saturated heterocycles. The van der Waals surface area contributed by atoms with Crippen LogP contribution in [-0.4, -0.2) is 29.9 Å². The predicted molar refractivity (Wildman–Crippen MR) is 99.5 cm³/mol. The van der Waals surface area contributed by atoms with E-state index in [1.54, 1.807) is 0 Å². The number of carbonyl (C=O) groups excluding carboxylic acids is 1. The van der Waals surface area contributed by atoms with Gasteiger partial charge in [0.05, 0.1) is 6.04 Å². The van der Waals surface area contributed by atoms with Crippen LogP contribution in [0.5, 0.6) is 0 Å². The van der Waals surface area contributed by atoms with Crippen molar-refractivity contribution in [3.05, 3.63) is 60.7 Å². The molecule has 2 aromatic rings. The van der Waals surface area contributed by atoms with Gasteiger partial charge in [-0.2, -0.15) is 0 Å². The third kappa shape index (κ3) is 3.68. The Morgan fingerprint density at radius 2 is 1.42 bits per heavy atom. The topological polar surface area (TPSA) is 23.6 Å². The maximum Gasteiger partial charge on any atom is 0.248 e. The highest BCUT2D eigenvalue weighted by Gasteiger charge is 2.30. The Hall–Kier alpha value is -2.13. The number of hydrogen-bond acceptors (Lipinski definition) is 2. The molecule has 2 aromatic carbocycles. The number of rotatable bonds is 5. The summed E-state index contributed by atoms with van der Waals surface area (Å²) in [4.78, 5) is 17.7. The highest BCUT2D eigenvalue weighted by Crippen LogP contribution is 2.28. The quantitative estimate of drug-likeness (QED) is 0.802. The molecule has 1 heterocycles. The molecule has 24 heavy (non-hydrogen) atoms. The van der Waals surface area contributed by atoms with Gasteiger partial charge in [0.2, 0.25) is 5.91 Å². The normalized spacial score (nSPS) is 16.5. The van der Waals surface area contributed by atoms with Gasteiger partial charge >= 0.3 is 0 Å². The van der Waals surface area contributed by atoms with E-state index in [0.29, 0.717) is 0 Å². The number of nitrogens with zero attached hydrogens (tertiary/aromatic N) is 2. The zero-order valence-electron chi connectivity index (χ0n) is 14.4. The number of para-hydroxylation sites is 2. The van der Waals surface area contributed by atoms with Crippen molar-refractivity contribution in [2.75, 3.05) is 18.0 Å². The second kappa shape index (κ2) is 8.11. The maximum absolute atomic E-state index is 13.5. The Morgan fingerprint density at radius 1 is 0.917 bits per heavy atom. The molecule has 0 saturated carbocycles. The van der Waals surface area contributed by atoms with Crippen LogP contribution in [0.4, 0.5) is 11.4 Å². The van der Waals surface area contributed by atoms with E-state index in [-0.39, 0.29) is 11.9 Å². The largest absolute Gasteiger partial charge is 0.292 e. The van der Waals surface area contributed by atoms with Crippen molar-refractivity contribution in [1.29, 1.82) is 0 Å². The van der Waals surface area contributed by atoms with Crippen LogP contribution in [0.15, 0.2) is 60.7 Å². The molecule has 126 valence electrons. The molecule has 1 atom stereocenters. The fourth-order valence-corrected chi connectivity index (χ4v) is 3.53. The molecule has 0 aromatic heterocycles. The Balaban J connectivity index is 1.93. The maximum atomic E-state index is 13.5. The van der Waals surface area contributed by atoms with Crippen LogP contribution in [0.1, 0.15) is 32.6 Å². The smallest absolute Gasteiger partial charge is 0.248 e. The Bertz CT molecular complexity index is 596. The second-order valence-corrected chi connectivity index (χ2v) is 6.37. The second-order valence-electron chi connectivity index (χ2n) is 6.37. The minimum atomic E-state index is -0.0503. The molecule has 0 aliphatic carbocycles. The summed E-state index contributed by atoms with van der Waals surface area (Å²) in [6.07, 6.45) is 4.51. The third-order valence-corrected chi connectivity index (χ3v) is 4.75. The van der Waals surface area contributed by atoms with Crippen molar-refractivity contribution in [3.8, 4) is 0 Å². The van der Waals surface area contributed by atoms with E-state index in [1.807, 2.05) is 65.6 Å². The fraction of sp³-hybridized carbons (Fsp3) is 0.381. The highest BCUT2D eigenvalue weighted by atomic mass is 16.2. The third-order valence-electron chi connectivity index (χ3n) is 4.75. The van der Waals surface area contributed by atoms with Crippen LogP contribution in [0.3, 0.4) is 0 Å². The molecular formula is C21H26N2O. The number of benzene rings is 2. The molecule has 3 heteroatoms. The fourth-order valence-electron chi connectivity index (χ4n) is 3.53. The predicted octanol–water partition coefficient (Wildman–Crippen LogP) is 4.62.